The van der Waals surface area contributed by atoms with E-state index in [1.807, 2.05) is 44.2 Å². The molecular formula is C16H16FNO. The highest BCUT2D eigenvalue weighted by Gasteiger charge is 2.20. The third kappa shape index (κ3) is 2.99. The second-order valence-electron chi connectivity index (χ2n) is 4.61. The van der Waals surface area contributed by atoms with Crippen LogP contribution in [0.5, 0.6) is 0 Å². The molecule has 0 spiro atoms. The van der Waals surface area contributed by atoms with Gasteiger partial charge in [-0.15, -0.1) is 0 Å². The van der Waals surface area contributed by atoms with Gasteiger partial charge in [0.1, 0.15) is 5.82 Å². The largest absolute Gasteiger partial charge is 0.306 e. The van der Waals surface area contributed by atoms with Crippen LogP contribution in [0.15, 0.2) is 54.6 Å². The Kier molecular flexibility index (Phi) is 3.95. The Morgan fingerprint density at radius 3 is 2.32 bits per heavy atom. The molecule has 19 heavy (non-hydrogen) atoms. The summed E-state index contributed by atoms with van der Waals surface area (Å²) in [4.78, 5) is 14.2. The van der Waals surface area contributed by atoms with Crippen molar-refractivity contribution >= 4 is 11.6 Å². The molecule has 0 aromatic heterocycles. The van der Waals surface area contributed by atoms with E-state index in [1.165, 1.54) is 12.1 Å². The van der Waals surface area contributed by atoms with Gasteiger partial charge in [0.2, 0.25) is 0 Å². The highest BCUT2D eigenvalue weighted by atomic mass is 19.1. The molecule has 0 aliphatic carbocycles. The van der Waals surface area contributed by atoms with Gasteiger partial charge in [0.25, 0.3) is 5.91 Å². The number of carbonyl (C=O) groups is 1. The number of amides is 1. The van der Waals surface area contributed by atoms with E-state index in [0.717, 1.165) is 5.69 Å². The lowest BCUT2D eigenvalue weighted by Gasteiger charge is -2.27. The molecule has 0 saturated carbocycles. The van der Waals surface area contributed by atoms with Crippen molar-refractivity contribution in [2.45, 2.75) is 19.9 Å². The van der Waals surface area contributed by atoms with Crippen molar-refractivity contribution in [1.29, 1.82) is 0 Å². The summed E-state index contributed by atoms with van der Waals surface area (Å²) in [5, 5.41) is 0. The molecule has 0 saturated heterocycles. The van der Waals surface area contributed by atoms with Crippen molar-refractivity contribution in [1.82, 2.24) is 0 Å². The Labute approximate surface area is 112 Å². The molecule has 0 aliphatic heterocycles. The first-order chi connectivity index (χ1) is 9.09. The van der Waals surface area contributed by atoms with Crippen molar-refractivity contribution < 1.29 is 9.18 Å². The van der Waals surface area contributed by atoms with Crippen molar-refractivity contribution in [3.8, 4) is 0 Å². The third-order valence-corrected chi connectivity index (χ3v) is 2.84. The average Bonchev–Trinajstić information content (AvgIpc) is 2.39. The number of nitrogens with zero attached hydrogens (tertiary/aromatic N) is 1. The van der Waals surface area contributed by atoms with Gasteiger partial charge in [0.05, 0.1) is 0 Å². The fourth-order valence-electron chi connectivity index (χ4n) is 2.00. The summed E-state index contributed by atoms with van der Waals surface area (Å²) in [7, 11) is 0. The van der Waals surface area contributed by atoms with Gasteiger partial charge < -0.3 is 4.90 Å². The first kappa shape index (κ1) is 13.3. The molecule has 0 unspecified atom stereocenters. The number of hydrogen-bond donors (Lipinski definition) is 0. The van der Waals surface area contributed by atoms with Crippen LogP contribution in [0.25, 0.3) is 0 Å². The zero-order valence-electron chi connectivity index (χ0n) is 11.0. The maximum Gasteiger partial charge on any atom is 0.258 e. The summed E-state index contributed by atoms with van der Waals surface area (Å²) in [6, 6.07) is 15.2. The molecular weight excluding hydrogens is 241 g/mol. The molecule has 2 aromatic carbocycles. The van der Waals surface area contributed by atoms with Crippen LogP contribution in [0.4, 0.5) is 10.1 Å². The second-order valence-corrected chi connectivity index (χ2v) is 4.61. The fraction of sp³-hybridized carbons (Fsp3) is 0.188. The first-order valence-electron chi connectivity index (χ1n) is 6.24. The molecule has 0 atom stereocenters. The SMILES string of the molecule is CC(C)N(C(=O)c1cccc(F)c1)c1ccccc1. The number of anilines is 1. The summed E-state index contributed by atoms with van der Waals surface area (Å²) < 4.78 is 13.2. The molecule has 0 N–H and O–H groups in total. The van der Waals surface area contributed by atoms with E-state index in [2.05, 4.69) is 0 Å². The second kappa shape index (κ2) is 5.65. The van der Waals surface area contributed by atoms with Crippen LogP contribution in [0, 0.1) is 5.82 Å². The predicted octanol–water partition coefficient (Wildman–Crippen LogP) is 3.88. The lowest BCUT2D eigenvalue weighted by atomic mass is 10.1. The van der Waals surface area contributed by atoms with E-state index in [0.29, 0.717) is 5.56 Å². The zero-order chi connectivity index (χ0) is 13.8. The van der Waals surface area contributed by atoms with Crippen LogP contribution >= 0.6 is 0 Å². The van der Waals surface area contributed by atoms with Gasteiger partial charge in [-0.25, -0.2) is 4.39 Å². The van der Waals surface area contributed by atoms with Gasteiger partial charge in [-0.2, -0.15) is 0 Å². The van der Waals surface area contributed by atoms with Crippen molar-refractivity contribution in [2.75, 3.05) is 4.90 Å². The van der Waals surface area contributed by atoms with Gasteiger partial charge in [-0.05, 0) is 44.2 Å². The van der Waals surface area contributed by atoms with E-state index in [9.17, 15) is 9.18 Å². The van der Waals surface area contributed by atoms with E-state index in [4.69, 9.17) is 0 Å². The summed E-state index contributed by atoms with van der Waals surface area (Å²) in [6.07, 6.45) is 0. The first-order valence-corrected chi connectivity index (χ1v) is 6.24. The van der Waals surface area contributed by atoms with Gasteiger partial charge in [0, 0.05) is 17.3 Å². The van der Waals surface area contributed by atoms with E-state index < -0.39 is 5.82 Å². The number of carbonyl (C=O) groups excluding carboxylic acids is 1. The van der Waals surface area contributed by atoms with Gasteiger partial charge in [-0.3, -0.25) is 4.79 Å². The van der Waals surface area contributed by atoms with Crippen LogP contribution in [0.3, 0.4) is 0 Å². The number of para-hydroxylation sites is 1. The van der Waals surface area contributed by atoms with E-state index >= 15 is 0 Å². The Hall–Kier alpha value is -2.16. The van der Waals surface area contributed by atoms with Crippen molar-refractivity contribution in [3.63, 3.8) is 0 Å². The molecule has 0 heterocycles. The minimum Gasteiger partial charge on any atom is -0.306 e. The van der Waals surface area contributed by atoms with Crippen LogP contribution in [-0.2, 0) is 0 Å². The van der Waals surface area contributed by atoms with Gasteiger partial charge in [-0.1, -0.05) is 24.3 Å². The Balaban J connectivity index is 2.38. The minimum absolute atomic E-state index is 0.00170. The Bertz CT molecular complexity index is 566. The molecule has 0 radical (unpaired) electrons. The summed E-state index contributed by atoms with van der Waals surface area (Å²) >= 11 is 0. The molecule has 0 aliphatic rings. The predicted molar refractivity (Wildman–Crippen MR) is 74.8 cm³/mol. The fourth-order valence-corrected chi connectivity index (χ4v) is 2.00. The number of rotatable bonds is 3. The topological polar surface area (TPSA) is 20.3 Å². The molecule has 2 rings (SSSR count). The van der Waals surface area contributed by atoms with Gasteiger partial charge in [0.15, 0.2) is 0 Å². The highest BCUT2D eigenvalue weighted by molar-refractivity contribution is 6.06. The summed E-state index contributed by atoms with van der Waals surface area (Å²) in [6.45, 7) is 3.87. The van der Waals surface area contributed by atoms with E-state index in [-0.39, 0.29) is 11.9 Å². The molecule has 1 amide bonds. The summed E-state index contributed by atoms with van der Waals surface area (Å²) in [5.41, 5.74) is 1.17. The Morgan fingerprint density at radius 1 is 1.05 bits per heavy atom. The molecule has 0 bridgehead atoms. The van der Waals surface area contributed by atoms with Crippen LogP contribution in [-0.4, -0.2) is 11.9 Å². The molecule has 0 fully saturated rings. The number of hydrogen-bond acceptors (Lipinski definition) is 1. The average molecular weight is 257 g/mol. The molecule has 2 nitrogen and oxygen atoms in total. The molecule has 2 aromatic rings. The monoisotopic (exact) mass is 257 g/mol. The molecule has 3 heteroatoms. The lowest BCUT2D eigenvalue weighted by molar-refractivity contribution is 0.0980. The number of benzene rings is 2. The highest BCUT2D eigenvalue weighted by Crippen LogP contribution is 2.20. The third-order valence-electron chi connectivity index (χ3n) is 2.84. The lowest BCUT2D eigenvalue weighted by Crippen LogP contribution is -2.37. The van der Waals surface area contributed by atoms with Crippen LogP contribution in [0.2, 0.25) is 0 Å². The summed E-state index contributed by atoms with van der Waals surface area (Å²) in [5.74, 6) is -0.594. The van der Waals surface area contributed by atoms with Gasteiger partial charge >= 0.3 is 0 Å². The number of halogens is 1. The standard InChI is InChI=1S/C16H16FNO/c1-12(2)18(15-9-4-3-5-10-15)16(19)13-7-6-8-14(17)11-13/h3-12H,1-2H3. The minimum atomic E-state index is -0.400. The van der Waals surface area contributed by atoms with Crippen molar-refractivity contribution in [3.05, 3.63) is 66.0 Å². The van der Waals surface area contributed by atoms with E-state index in [1.54, 1.807) is 17.0 Å². The van der Waals surface area contributed by atoms with Crippen molar-refractivity contribution in [2.24, 2.45) is 0 Å². The maximum absolute atomic E-state index is 13.2. The quantitative estimate of drug-likeness (QED) is 0.817. The van der Waals surface area contributed by atoms with Crippen LogP contribution < -0.4 is 4.90 Å². The maximum atomic E-state index is 13.2. The normalized spacial score (nSPS) is 10.5. The zero-order valence-corrected chi connectivity index (χ0v) is 11.0. The molecule has 98 valence electrons. The van der Waals surface area contributed by atoms with Crippen LogP contribution in [0.1, 0.15) is 24.2 Å². The smallest absolute Gasteiger partial charge is 0.258 e. The Morgan fingerprint density at radius 2 is 1.74 bits per heavy atom.